The first-order valence-corrected chi connectivity index (χ1v) is 6.90. The van der Waals surface area contributed by atoms with Crippen molar-refractivity contribution in [2.75, 3.05) is 13.7 Å². The van der Waals surface area contributed by atoms with E-state index in [0.29, 0.717) is 6.42 Å². The summed E-state index contributed by atoms with van der Waals surface area (Å²) in [4.78, 5) is 13.8. The lowest BCUT2D eigenvalue weighted by atomic mass is 10.1. The molecule has 0 saturated carbocycles. The maximum absolute atomic E-state index is 12.3. The Morgan fingerprint density at radius 2 is 2.10 bits per heavy atom. The number of amides is 1. The second-order valence-corrected chi connectivity index (χ2v) is 4.56. The molecule has 21 heavy (non-hydrogen) atoms. The van der Waals surface area contributed by atoms with Gasteiger partial charge < -0.3 is 10.4 Å². The Morgan fingerprint density at radius 1 is 1.43 bits per heavy atom. The molecule has 1 atom stereocenters. The Morgan fingerprint density at radius 3 is 2.52 bits per heavy atom. The third kappa shape index (κ3) is 6.88. The van der Waals surface area contributed by atoms with Crippen molar-refractivity contribution in [1.82, 2.24) is 10.2 Å². The van der Waals surface area contributed by atoms with E-state index in [0.717, 1.165) is 11.3 Å². The number of carbonyl (C=O) groups is 1. The molecule has 1 amide bonds. The fourth-order valence-corrected chi connectivity index (χ4v) is 1.79. The van der Waals surface area contributed by atoms with Gasteiger partial charge in [-0.05, 0) is 33.4 Å². The number of aliphatic hydroxyl groups is 1. The van der Waals surface area contributed by atoms with Gasteiger partial charge in [-0.15, -0.1) is 0 Å². The number of aliphatic hydroxyl groups excluding tert-OH is 1. The Bertz CT molecular complexity index is 444. The summed E-state index contributed by atoms with van der Waals surface area (Å²) in [6.45, 7) is 11.0. The van der Waals surface area contributed by atoms with Crippen LogP contribution in [0.1, 0.15) is 20.3 Å². The number of rotatable bonds is 9. The van der Waals surface area contributed by atoms with Crippen molar-refractivity contribution >= 4 is 5.91 Å². The molecular formula is C17H26N2O2. The van der Waals surface area contributed by atoms with Crippen molar-refractivity contribution < 1.29 is 9.90 Å². The van der Waals surface area contributed by atoms with Crippen molar-refractivity contribution in [3.05, 3.63) is 61.0 Å². The zero-order valence-electron chi connectivity index (χ0n) is 13.2. The largest absolute Gasteiger partial charge is 0.395 e. The lowest BCUT2D eigenvalue weighted by Gasteiger charge is -2.18. The number of nitrogens with zero attached hydrogens (tertiary/aromatic N) is 1. The number of allylic oxidation sites excluding steroid dienone is 4. The topological polar surface area (TPSA) is 52.6 Å². The molecule has 116 valence electrons. The molecular weight excluding hydrogens is 264 g/mol. The van der Waals surface area contributed by atoms with E-state index in [1.165, 1.54) is 11.1 Å². The Kier molecular flexibility index (Phi) is 9.84. The van der Waals surface area contributed by atoms with E-state index in [-0.39, 0.29) is 18.6 Å². The molecule has 0 aliphatic heterocycles. The third-order valence-electron chi connectivity index (χ3n) is 2.96. The molecule has 0 aliphatic carbocycles. The monoisotopic (exact) mass is 290 g/mol. The first kappa shape index (κ1) is 19.1. The quantitative estimate of drug-likeness (QED) is 0.507. The van der Waals surface area contributed by atoms with Crippen molar-refractivity contribution in [3.8, 4) is 0 Å². The molecule has 4 heteroatoms. The lowest BCUT2D eigenvalue weighted by molar-refractivity contribution is -0.122. The average Bonchev–Trinajstić information content (AvgIpc) is 2.48. The highest BCUT2D eigenvalue weighted by molar-refractivity contribution is 5.90. The Hall–Kier alpha value is -1.91. The van der Waals surface area contributed by atoms with Crippen molar-refractivity contribution in [1.29, 1.82) is 0 Å². The molecule has 0 aromatic heterocycles. The number of carbonyl (C=O) groups excluding carboxylic acids is 1. The summed E-state index contributed by atoms with van der Waals surface area (Å²) in [7, 11) is 1.78. The number of hydrogen-bond acceptors (Lipinski definition) is 3. The normalized spacial score (nSPS) is 14.1. The Balaban J connectivity index is 5.05. The first-order chi connectivity index (χ1) is 10.0. The summed E-state index contributed by atoms with van der Waals surface area (Å²) in [5.41, 5.74) is 1.62. The van der Waals surface area contributed by atoms with Gasteiger partial charge in [-0.2, -0.15) is 0 Å². The molecule has 1 unspecified atom stereocenters. The molecule has 0 saturated heterocycles. The van der Waals surface area contributed by atoms with Gasteiger partial charge in [0, 0.05) is 24.0 Å². The van der Waals surface area contributed by atoms with Crippen LogP contribution < -0.4 is 5.32 Å². The van der Waals surface area contributed by atoms with Crippen LogP contribution in [0.25, 0.3) is 0 Å². The molecule has 0 aliphatic rings. The minimum absolute atomic E-state index is 0.0310. The predicted octanol–water partition coefficient (Wildman–Crippen LogP) is 2.52. The summed E-state index contributed by atoms with van der Waals surface area (Å²) in [5, 5.41) is 12.2. The van der Waals surface area contributed by atoms with Gasteiger partial charge in [0.2, 0.25) is 0 Å². The van der Waals surface area contributed by atoms with Crippen LogP contribution in [0.15, 0.2) is 61.0 Å². The van der Waals surface area contributed by atoms with Gasteiger partial charge in [-0.25, -0.2) is 0 Å². The molecule has 0 bridgehead atoms. The summed E-state index contributed by atoms with van der Waals surface area (Å²) in [6, 6.07) is -0.0481. The Labute approximate surface area is 127 Å². The summed E-state index contributed by atoms with van der Waals surface area (Å²) in [5.74, 6) is -0.169. The van der Waals surface area contributed by atoms with Crippen LogP contribution in [-0.2, 0) is 4.79 Å². The minimum atomic E-state index is -0.169. The van der Waals surface area contributed by atoms with Crippen LogP contribution in [0, 0.1) is 0 Å². The van der Waals surface area contributed by atoms with Gasteiger partial charge in [-0.1, -0.05) is 37.0 Å². The van der Waals surface area contributed by atoms with Crippen molar-refractivity contribution in [3.63, 3.8) is 0 Å². The van der Waals surface area contributed by atoms with E-state index in [1.807, 2.05) is 19.9 Å². The highest BCUT2D eigenvalue weighted by Crippen LogP contribution is 2.11. The summed E-state index contributed by atoms with van der Waals surface area (Å²) >= 11 is 0. The maximum Gasteiger partial charge on any atom is 0.254 e. The van der Waals surface area contributed by atoms with E-state index >= 15 is 0 Å². The van der Waals surface area contributed by atoms with E-state index < -0.39 is 0 Å². The van der Waals surface area contributed by atoms with Gasteiger partial charge in [0.05, 0.1) is 6.61 Å². The summed E-state index contributed by atoms with van der Waals surface area (Å²) < 4.78 is 0. The standard InChI is InChI=1S/C17H26N2O2/c1-6-9-10-16(7-2)19(8-3)17(21)12-14(4)11-15(13-20)18-5/h6-10,12,15,18,20H,1,3,11,13H2,2,4-5H3/b10-9-,14-12+,16-7+. The second kappa shape index (κ2) is 10.8. The van der Waals surface area contributed by atoms with Gasteiger partial charge in [-0.3, -0.25) is 9.69 Å². The van der Waals surface area contributed by atoms with Crippen LogP contribution in [0.3, 0.4) is 0 Å². The van der Waals surface area contributed by atoms with Gasteiger partial charge in [0.25, 0.3) is 5.91 Å². The van der Waals surface area contributed by atoms with Crippen LogP contribution >= 0.6 is 0 Å². The first-order valence-electron chi connectivity index (χ1n) is 6.90. The minimum Gasteiger partial charge on any atom is -0.395 e. The highest BCUT2D eigenvalue weighted by Gasteiger charge is 2.12. The smallest absolute Gasteiger partial charge is 0.254 e. The molecule has 0 rings (SSSR count). The second-order valence-electron chi connectivity index (χ2n) is 4.56. The molecule has 0 fully saturated rings. The third-order valence-corrected chi connectivity index (χ3v) is 2.96. The maximum atomic E-state index is 12.3. The van der Waals surface area contributed by atoms with Gasteiger partial charge in [0.1, 0.15) is 0 Å². The number of nitrogens with one attached hydrogen (secondary N) is 1. The molecule has 0 radical (unpaired) electrons. The molecule has 0 heterocycles. The fourth-order valence-electron chi connectivity index (χ4n) is 1.79. The summed E-state index contributed by atoms with van der Waals surface area (Å²) in [6.07, 6.45) is 10.7. The fraction of sp³-hybridized carbons (Fsp3) is 0.353. The van der Waals surface area contributed by atoms with Crippen LogP contribution in [-0.4, -0.2) is 35.6 Å². The van der Waals surface area contributed by atoms with Gasteiger partial charge >= 0.3 is 0 Å². The molecule has 0 aromatic carbocycles. The lowest BCUT2D eigenvalue weighted by Crippen LogP contribution is -2.29. The van der Waals surface area contributed by atoms with Crippen LogP contribution in [0.2, 0.25) is 0 Å². The van der Waals surface area contributed by atoms with Crippen LogP contribution in [0.5, 0.6) is 0 Å². The van der Waals surface area contributed by atoms with Crippen LogP contribution in [0.4, 0.5) is 0 Å². The predicted molar refractivity (Wildman–Crippen MR) is 88.4 cm³/mol. The zero-order chi connectivity index (χ0) is 16.3. The molecule has 0 spiro atoms. The van der Waals surface area contributed by atoms with Gasteiger partial charge in [0.15, 0.2) is 0 Å². The zero-order valence-corrected chi connectivity index (χ0v) is 13.2. The van der Waals surface area contributed by atoms with E-state index in [1.54, 1.807) is 31.4 Å². The van der Waals surface area contributed by atoms with E-state index in [4.69, 9.17) is 5.11 Å². The van der Waals surface area contributed by atoms with E-state index in [2.05, 4.69) is 18.5 Å². The number of likely N-dealkylation sites (N-methyl/N-ethyl adjacent to an activating group) is 1. The van der Waals surface area contributed by atoms with Crippen molar-refractivity contribution in [2.24, 2.45) is 0 Å². The number of hydrogen-bond donors (Lipinski definition) is 2. The van der Waals surface area contributed by atoms with E-state index in [9.17, 15) is 4.79 Å². The van der Waals surface area contributed by atoms with Crippen molar-refractivity contribution in [2.45, 2.75) is 26.3 Å². The highest BCUT2D eigenvalue weighted by atomic mass is 16.3. The SMILES string of the molecule is C=C/C=C\C(=C/C)N(C=C)C(=O)/C=C(\C)CC(CO)NC. The molecule has 4 nitrogen and oxygen atoms in total. The average molecular weight is 290 g/mol. The molecule has 2 N–H and O–H groups in total. The molecule has 0 aromatic rings.